The molecule has 0 bridgehead atoms. The highest BCUT2D eigenvalue weighted by atomic mass is 32.2. The molecule has 1 unspecified atom stereocenters. The Bertz CT molecular complexity index is 389. The fourth-order valence-electron chi connectivity index (χ4n) is 0.679. The van der Waals surface area contributed by atoms with Crippen LogP contribution in [0.15, 0.2) is 12.4 Å². The Morgan fingerprint density at radius 3 is 2.31 bits per heavy atom. The molecule has 0 spiro atoms. The molecule has 0 saturated carbocycles. The number of hydrogen-bond donors (Lipinski definition) is 1. The SMILES string of the molecule is CC(c1ncc(F)cn1)S(N)(=O)=O. The lowest BCUT2D eigenvalue weighted by molar-refractivity contribution is 0.580. The molecule has 13 heavy (non-hydrogen) atoms. The first kappa shape index (κ1) is 10.0. The Hall–Kier alpha value is -1.08. The van der Waals surface area contributed by atoms with Gasteiger partial charge in [0.05, 0.1) is 12.4 Å². The second kappa shape index (κ2) is 3.35. The van der Waals surface area contributed by atoms with Crippen LogP contribution in [-0.2, 0) is 10.0 Å². The lowest BCUT2D eigenvalue weighted by Gasteiger charge is -2.05. The van der Waals surface area contributed by atoms with E-state index in [2.05, 4.69) is 9.97 Å². The molecule has 0 radical (unpaired) electrons. The van der Waals surface area contributed by atoms with Crippen molar-refractivity contribution in [3.05, 3.63) is 24.0 Å². The van der Waals surface area contributed by atoms with Crippen LogP contribution in [0.3, 0.4) is 0 Å². The van der Waals surface area contributed by atoms with Crippen LogP contribution in [0.2, 0.25) is 0 Å². The van der Waals surface area contributed by atoms with Crippen molar-refractivity contribution in [2.75, 3.05) is 0 Å². The van der Waals surface area contributed by atoms with Gasteiger partial charge in [-0.05, 0) is 6.92 Å². The van der Waals surface area contributed by atoms with Crippen LogP contribution in [0.4, 0.5) is 4.39 Å². The first-order chi connectivity index (χ1) is 5.91. The Kier molecular flexibility index (Phi) is 2.58. The highest BCUT2D eigenvalue weighted by Gasteiger charge is 2.20. The summed E-state index contributed by atoms with van der Waals surface area (Å²) in [5.74, 6) is -0.630. The summed E-state index contributed by atoms with van der Waals surface area (Å²) >= 11 is 0. The van der Waals surface area contributed by atoms with E-state index in [1.165, 1.54) is 6.92 Å². The molecule has 0 saturated heterocycles. The summed E-state index contributed by atoms with van der Waals surface area (Å²) < 4.78 is 34.0. The van der Waals surface area contributed by atoms with Gasteiger partial charge >= 0.3 is 0 Å². The second-order valence-electron chi connectivity index (χ2n) is 2.49. The highest BCUT2D eigenvalue weighted by Crippen LogP contribution is 2.13. The van der Waals surface area contributed by atoms with Crippen molar-refractivity contribution >= 4 is 10.0 Å². The molecule has 1 heterocycles. The third-order valence-corrected chi connectivity index (χ3v) is 2.69. The summed E-state index contributed by atoms with van der Waals surface area (Å²) in [5, 5.41) is 3.83. The Morgan fingerprint density at radius 2 is 1.92 bits per heavy atom. The molecule has 1 aromatic rings. The number of nitrogens with two attached hydrogens (primary N) is 1. The van der Waals surface area contributed by atoms with Gasteiger partial charge < -0.3 is 0 Å². The van der Waals surface area contributed by atoms with E-state index in [0.717, 1.165) is 12.4 Å². The minimum atomic E-state index is -3.72. The van der Waals surface area contributed by atoms with E-state index in [1.54, 1.807) is 0 Å². The molecule has 0 aliphatic heterocycles. The fraction of sp³-hybridized carbons (Fsp3) is 0.333. The number of sulfonamides is 1. The van der Waals surface area contributed by atoms with Crippen LogP contribution in [-0.4, -0.2) is 18.4 Å². The average molecular weight is 205 g/mol. The molecule has 0 aromatic carbocycles. The van der Waals surface area contributed by atoms with Gasteiger partial charge in [0.1, 0.15) is 11.1 Å². The molecule has 1 aromatic heterocycles. The summed E-state index contributed by atoms with van der Waals surface area (Å²) in [7, 11) is -3.72. The van der Waals surface area contributed by atoms with Crippen molar-refractivity contribution < 1.29 is 12.8 Å². The molecule has 0 aliphatic rings. The number of primary sulfonamides is 1. The van der Waals surface area contributed by atoms with E-state index in [4.69, 9.17) is 5.14 Å². The lowest BCUT2D eigenvalue weighted by atomic mass is 10.4. The Morgan fingerprint density at radius 1 is 1.46 bits per heavy atom. The highest BCUT2D eigenvalue weighted by molar-refractivity contribution is 7.89. The molecular weight excluding hydrogens is 197 g/mol. The minimum Gasteiger partial charge on any atom is -0.237 e. The van der Waals surface area contributed by atoms with Gasteiger partial charge in [0.2, 0.25) is 10.0 Å². The number of aromatic nitrogens is 2. The molecule has 1 atom stereocenters. The molecule has 0 aliphatic carbocycles. The maximum atomic E-state index is 12.3. The largest absolute Gasteiger partial charge is 0.237 e. The summed E-state index contributed by atoms with van der Waals surface area (Å²) in [5.41, 5.74) is 0. The van der Waals surface area contributed by atoms with Crippen LogP contribution in [0.25, 0.3) is 0 Å². The first-order valence-corrected chi connectivity index (χ1v) is 5.01. The summed E-state index contributed by atoms with van der Waals surface area (Å²) in [4.78, 5) is 7.00. The van der Waals surface area contributed by atoms with E-state index in [-0.39, 0.29) is 5.82 Å². The minimum absolute atomic E-state index is 0.0103. The third kappa shape index (κ3) is 2.43. The zero-order valence-electron chi connectivity index (χ0n) is 6.81. The summed E-state index contributed by atoms with van der Waals surface area (Å²) in [6, 6.07) is 0. The summed E-state index contributed by atoms with van der Waals surface area (Å²) in [6.45, 7) is 1.34. The van der Waals surface area contributed by atoms with Gasteiger partial charge in [-0.2, -0.15) is 0 Å². The third-order valence-electron chi connectivity index (χ3n) is 1.50. The molecule has 0 amide bonds. The maximum Gasteiger partial charge on any atom is 0.219 e. The zero-order valence-corrected chi connectivity index (χ0v) is 7.62. The zero-order chi connectivity index (χ0) is 10.1. The van der Waals surface area contributed by atoms with Crippen LogP contribution in [0, 0.1) is 5.82 Å². The number of halogens is 1. The predicted molar refractivity (Wildman–Crippen MR) is 43.5 cm³/mol. The van der Waals surface area contributed by atoms with Gasteiger partial charge in [-0.25, -0.2) is 27.9 Å². The fourth-order valence-corrected chi connectivity index (χ4v) is 1.09. The Balaban J connectivity index is 3.04. The molecule has 72 valence electrons. The molecule has 7 heteroatoms. The molecule has 5 nitrogen and oxygen atoms in total. The van der Waals surface area contributed by atoms with Gasteiger partial charge in [-0.1, -0.05) is 0 Å². The van der Waals surface area contributed by atoms with E-state index in [9.17, 15) is 12.8 Å². The normalized spacial score (nSPS) is 14.1. The van der Waals surface area contributed by atoms with Crippen LogP contribution >= 0.6 is 0 Å². The van der Waals surface area contributed by atoms with E-state index in [1.807, 2.05) is 0 Å². The van der Waals surface area contributed by atoms with Crippen molar-refractivity contribution in [1.29, 1.82) is 0 Å². The van der Waals surface area contributed by atoms with Crippen molar-refractivity contribution in [1.82, 2.24) is 9.97 Å². The van der Waals surface area contributed by atoms with E-state index in [0.29, 0.717) is 0 Å². The molecule has 1 rings (SSSR count). The van der Waals surface area contributed by atoms with Crippen molar-refractivity contribution in [2.24, 2.45) is 5.14 Å². The topological polar surface area (TPSA) is 85.9 Å². The summed E-state index contributed by atoms with van der Waals surface area (Å²) in [6.07, 6.45) is 1.79. The smallest absolute Gasteiger partial charge is 0.219 e. The van der Waals surface area contributed by atoms with Gasteiger partial charge in [-0.3, -0.25) is 0 Å². The standard InChI is InChI=1S/C6H8FN3O2S/c1-4(13(8,11)12)6-9-2-5(7)3-10-6/h2-4H,1H3,(H2,8,11,12). The first-order valence-electron chi connectivity index (χ1n) is 3.40. The van der Waals surface area contributed by atoms with Crippen LogP contribution < -0.4 is 5.14 Å². The van der Waals surface area contributed by atoms with Crippen molar-refractivity contribution in [3.8, 4) is 0 Å². The van der Waals surface area contributed by atoms with E-state index < -0.39 is 21.1 Å². The maximum absolute atomic E-state index is 12.3. The number of hydrogen-bond acceptors (Lipinski definition) is 4. The average Bonchev–Trinajstić information content (AvgIpc) is 2.03. The van der Waals surface area contributed by atoms with Gasteiger partial charge in [-0.15, -0.1) is 0 Å². The number of rotatable bonds is 2. The van der Waals surface area contributed by atoms with Gasteiger partial charge in [0.25, 0.3) is 0 Å². The molecule has 2 N–H and O–H groups in total. The number of nitrogens with zero attached hydrogens (tertiary/aromatic N) is 2. The Labute approximate surface area is 74.9 Å². The van der Waals surface area contributed by atoms with Crippen LogP contribution in [0.5, 0.6) is 0 Å². The molecule has 0 fully saturated rings. The van der Waals surface area contributed by atoms with Crippen molar-refractivity contribution in [3.63, 3.8) is 0 Å². The molecular formula is C6H8FN3O2S. The van der Waals surface area contributed by atoms with E-state index >= 15 is 0 Å². The quantitative estimate of drug-likeness (QED) is 0.734. The van der Waals surface area contributed by atoms with Gasteiger partial charge in [0, 0.05) is 0 Å². The monoisotopic (exact) mass is 205 g/mol. The van der Waals surface area contributed by atoms with Gasteiger partial charge in [0.15, 0.2) is 5.82 Å². The second-order valence-corrected chi connectivity index (χ2v) is 4.38. The predicted octanol–water partition coefficient (Wildman–Crippen LogP) is -0.0348. The van der Waals surface area contributed by atoms with Crippen molar-refractivity contribution in [2.45, 2.75) is 12.2 Å². The lowest BCUT2D eigenvalue weighted by Crippen LogP contribution is -2.21. The van der Waals surface area contributed by atoms with Crippen LogP contribution in [0.1, 0.15) is 18.0 Å².